The summed E-state index contributed by atoms with van der Waals surface area (Å²) in [5.74, 6) is 0. The summed E-state index contributed by atoms with van der Waals surface area (Å²) >= 11 is 0. The SMILES string of the molecule is Cc1ccc(NCC2CCCCN2C)c(C)c1. The fraction of sp³-hybridized carbons (Fsp3) is 0.600. The Hall–Kier alpha value is -1.02. The number of nitrogens with zero attached hydrogens (tertiary/aromatic N) is 1. The molecule has 1 heterocycles. The van der Waals surface area contributed by atoms with Gasteiger partial charge in [0.25, 0.3) is 0 Å². The van der Waals surface area contributed by atoms with Gasteiger partial charge in [-0.05, 0) is 51.9 Å². The minimum Gasteiger partial charge on any atom is -0.383 e. The molecule has 1 aliphatic heterocycles. The van der Waals surface area contributed by atoms with Gasteiger partial charge in [-0.3, -0.25) is 0 Å². The lowest BCUT2D eigenvalue weighted by molar-refractivity contribution is 0.194. The number of rotatable bonds is 3. The molecule has 0 saturated carbocycles. The molecule has 0 amide bonds. The highest BCUT2D eigenvalue weighted by molar-refractivity contribution is 5.51. The van der Waals surface area contributed by atoms with Crippen molar-refractivity contribution in [1.82, 2.24) is 4.90 Å². The van der Waals surface area contributed by atoms with E-state index >= 15 is 0 Å². The Morgan fingerprint density at radius 3 is 2.82 bits per heavy atom. The topological polar surface area (TPSA) is 15.3 Å². The number of benzene rings is 1. The second-order valence-electron chi connectivity index (χ2n) is 5.33. The maximum Gasteiger partial charge on any atom is 0.0370 e. The largest absolute Gasteiger partial charge is 0.383 e. The highest BCUT2D eigenvalue weighted by Gasteiger charge is 2.18. The Balaban J connectivity index is 1.92. The molecule has 1 aromatic rings. The van der Waals surface area contributed by atoms with Gasteiger partial charge in [-0.25, -0.2) is 0 Å². The Kier molecular flexibility index (Phi) is 4.06. The molecule has 0 aromatic heterocycles. The minimum atomic E-state index is 0.699. The first-order valence-corrected chi connectivity index (χ1v) is 6.68. The van der Waals surface area contributed by atoms with Crippen molar-refractivity contribution >= 4 is 5.69 Å². The highest BCUT2D eigenvalue weighted by Crippen LogP contribution is 2.19. The third-order valence-electron chi connectivity index (χ3n) is 3.83. The van der Waals surface area contributed by atoms with E-state index in [1.54, 1.807) is 0 Å². The summed E-state index contributed by atoms with van der Waals surface area (Å²) < 4.78 is 0. The molecular weight excluding hydrogens is 208 g/mol. The molecule has 1 aliphatic rings. The summed E-state index contributed by atoms with van der Waals surface area (Å²) in [5, 5.41) is 3.60. The quantitative estimate of drug-likeness (QED) is 0.861. The Bertz CT molecular complexity index is 373. The van der Waals surface area contributed by atoms with Gasteiger partial charge in [-0.2, -0.15) is 0 Å². The van der Waals surface area contributed by atoms with E-state index in [-0.39, 0.29) is 0 Å². The molecule has 1 N–H and O–H groups in total. The molecule has 0 aliphatic carbocycles. The molecule has 0 spiro atoms. The van der Waals surface area contributed by atoms with Crippen molar-refractivity contribution < 1.29 is 0 Å². The molecule has 1 atom stereocenters. The molecule has 1 saturated heterocycles. The predicted molar refractivity (Wildman–Crippen MR) is 74.7 cm³/mol. The number of likely N-dealkylation sites (N-methyl/N-ethyl adjacent to an activating group) is 1. The monoisotopic (exact) mass is 232 g/mol. The van der Waals surface area contributed by atoms with E-state index in [2.05, 4.69) is 49.3 Å². The highest BCUT2D eigenvalue weighted by atomic mass is 15.2. The molecule has 17 heavy (non-hydrogen) atoms. The summed E-state index contributed by atoms with van der Waals surface area (Å²) in [6, 6.07) is 7.32. The average Bonchev–Trinajstić information content (AvgIpc) is 2.30. The number of hydrogen-bond donors (Lipinski definition) is 1. The van der Waals surface area contributed by atoms with Crippen LogP contribution in [0.25, 0.3) is 0 Å². The first-order valence-electron chi connectivity index (χ1n) is 6.68. The summed E-state index contributed by atoms with van der Waals surface area (Å²) in [7, 11) is 2.24. The molecule has 0 radical (unpaired) electrons. The molecule has 1 unspecified atom stereocenters. The summed E-state index contributed by atoms with van der Waals surface area (Å²) in [6.45, 7) is 6.64. The lowest BCUT2D eigenvalue weighted by Gasteiger charge is -2.32. The number of aryl methyl sites for hydroxylation is 2. The Labute approximate surface area is 105 Å². The van der Waals surface area contributed by atoms with E-state index in [1.165, 1.54) is 42.6 Å². The molecule has 2 nitrogen and oxygen atoms in total. The van der Waals surface area contributed by atoms with Crippen LogP contribution in [0, 0.1) is 13.8 Å². The first-order chi connectivity index (χ1) is 8.16. The van der Waals surface area contributed by atoms with Crippen molar-refractivity contribution in [2.24, 2.45) is 0 Å². The van der Waals surface area contributed by atoms with Gasteiger partial charge in [0, 0.05) is 18.3 Å². The second-order valence-corrected chi connectivity index (χ2v) is 5.33. The normalized spacial score (nSPS) is 21.5. The van der Waals surface area contributed by atoms with Crippen molar-refractivity contribution in [2.75, 3.05) is 25.5 Å². The van der Waals surface area contributed by atoms with Crippen molar-refractivity contribution in [2.45, 2.75) is 39.2 Å². The molecule has 0 bridgehead atoms. The van der Waals surface area contributed by atoms with Gasteiger partial charge >= 0.3 is 0 Å². The van der Waals surface area contributed by atoms with E-state index < -0.39 is 0 Å². The Morgan fingerprint density at radius 2 is 2.12 bits per heavy atom. The van der Waals surface area contributed by atoms with Gasteiger partial charge in [0.2, 0.25) is 0 Å². The van der Waals surface area contributed by atoms with Gasteiger partial charge < -0.3 is 10.2 Å². The number of anilines is 1. The molecule has 1 aromatic carbocycles. The van der Waals surface area contributed by atoms with Crippen LogP contribution in [0.3, 0.4) is 0 Å². The third kappa shape index (κ3) is 3.22. The molecule has 94 valence electrons. The van der Waals surface area contributed by atoms with Crippen molar-refractivity contribution in [3.8, 4) is 0 Å². The minimum absolute atomic E-state index is 0.699. The van der Waals surface area contributed by atoms with Crippen LogP contribution in [0.4, 0.5) is 5.69 Å². The van der Waals surface area contributed by atoms with Gasteiger partial charge in [-0.15, -0.1) is 0 Å². The fourth-order valence-electron chi connectivity index (χ4n) is 2.64. The molecular formula is C15H24N2. The first kappa shape index (κ1) is 12.4. The number of hydrogen-bond acceptors (Lipinski definition) is 2. The fourth-order valence-corrected chi connectivity index (χ4v) is 2.64. The van der Waals surface area contributed by atoms with E-state index in [9.17, 15) is 0 Å². The average molecular weight is 232 g/mol. The lowest BCUT2D eigenvalue weighted by atomic mass is 10.0. The number of likely N-dealkylation sites (tertiary alicyclic amines) is 1. The maximum atomic E-state index is 3.60. The Morgan fingerprint density at radius 1 is 1.29 bits per heavy atom. The predicted octanol–water partition coefficient (Wildman–Crippen LogP) is 3.20. The van der Waals surface area contributed by atoms with Crippen LogP contribution < -0.4 is 5.32 Å². The van der Waals surface area contributed by atoms with Crippen LogP contribution >= 0.6 is 0 Å². The van der Waals surface area contributed by atoms with E-state index in [1.807, 2.05) is 0 Å². The van der Waals surface area contributed by atoms with Gasteiger partial charge in [0.15, 0.2) is 0 Å². The molecule has 2 heteroatoms. The van der Waals surface area contributed by atoms with Crippen molar-refractivity contribution in [3.05, 3.63) is 29.3 Å². The van der Waals surface area contributed by atoms with Crippen molar-refractivity contribution in [1.29, 1.82) is 0 Å². The zero-order valence-corrected chi connectivity index (χ0v) is 11.3. The maximum absolute atomic E-state index is 3.60. The number of piperidine rings is 1. The molecule has 1 fully saturated rings. The van der Waals surface area contributed by atoms with Crippen LogP contribution in [0.1, 0.15) is 30.4 Å². The van der Waals surface area contributed by atoms with Gasteiger partial charge in [-0.1, -0.05) is 24.1 Å². The second kappa shape index (κ2) is 5.54. The van der Waals surface area contributed by atoms with Crippen LogP contribution in [0.15, 0.2) is 18.2 Å². The van der Waals surface area contributed by atoms with Gasteiger partial charge in [0.1, 0.15) is 0 Å². The van der Waals surface area contributed by atoms with E-state index in [0.29, 0.717) is 6.04 Å². The van der Waals surface area contributed by atoms with Crippen LogP contribution in [0.2, 0.25) is 0 Å². The van der Waals surface area contributed by atoms with Gasteiger partial charge in [0.05, 0.1) is 0 Å². The zero-order chi connectivity index (χ0) is 12.3. The number of nitrogens with one attached hydrogen (secondary N) is 1. The third-order valence-corrected chi connectivity index (χ3v) is 3.83. The van der Waals surface area contributed by atoms with Crippen LogP contribution in [-0.2, 0) is 0 Å². The van der Waals surface area contributed by atoms with E-state index in [4.69, 9.17) is 0 Å². The smallest absolute Gasteiger partial charge is 0.0370 e. The lowest BCUT2D eigenvalue weighted by Crippen LogP contribution is -2.40. The summed E-state index contributed by atoms with van der Waals surface area (Å²) in [5.41, 5.74) is 3.97. The zero-order valence-electron chi connectivity index (χ0n) is 11.3. The molecule has 2 rings (SSSR count). The van der Waals surface area contributed by atoms with E-state index in [0.717, 1.165) is 6.54 Å². The van der Waals surface area contributed by atoms with Crippen molar-refractivity contribution in [3.63, 3.8) is 0 Å². The van der Waals surface area contributed by atoms with Crippen LogP contribution in [-0.4, -0.2) is 31.1 Å². The summed E-state index contributed by atoms with van der Waals surface area (Å²) in [6.07, 6.45) is 4.06. The van der Waals surface area contributed by atoms with Crippen LogP contribution in [0.5, 0.6) is 0 Å². The summed E-state index contributed by atoms with van der Waals surface area (Å²) in [4.78, 5) is 2.49. The standard InChI is InChI=1S/C15H24N2/c1-12-7-8-15(13(2)10-12)16-11-14-6-4-5-9-17(14)3/h7-8,10,14,16H,4-6,9,11H2,1-3H3.